The summed E-state index contributed by atoms with van der Waals surface area (Å²) < 4.78 is 0. The molecule has 26 heavy (non-hydrogen) atoms. The van der Waals surface area contributed by atoms with Gasteiger partial charge in [-0.1, -0.05) is 0 Å². The van der Waals surface area contributed by atoms with Crippen LogP contribution in [0.3, 0.4) is 0 Å². The van der Waals surface area contributed by atoms with E-state index in [4.69, 9.17) is 12.2 Å². The monoisotopic (exact) mass is 372 g/mol. The lowest BCUT2D eigenvalue weighted by atomic mass is 9.48. The minimum atomic E-state index is 0.546. The molecule has 8 aliphatic carbocycles. The van der Waals surface area contributed by atoms with Crippen molar-refractivity contribution in [1.29, 1.82) is 0 Å². The molecule has 2 N–H and O–H groups in total. The lowest BCUT2D eigenvalue weighted by Gasteiger charge is -2.59. The maximum Gasteiger partial charge on any atom is 0.166 e. The van der Waals surface area contributed by atoms with E-state index in [-0.39, 0.29) is 0 Å². The van der Waals surface area contributed by atoms with Gasteiger partial charge in [-0.3, -0.25) is 0 Å². The van der Waals surface area contributed by atoms with Crippen LogP contribution in [-0.4, -0.2) is 17.2 Å². The highest BCUT2D eigenvalue weighted by Gasteiger charge is 2.53. The molecule has 144 valence electrons. The highest BCUT2D eigenvalue weighted by Crippen LogP contribution is 2.61. The molecule has 0 saturated heterocycles. The number of hydrogen-bond donors (Lipinski definition) is 2. The molecule has 8 saturated carbocycles. The van der Waals surface area contributed by atoms with Gasteiger partial charge in [-0.15, -0.1) is 0 Å². The molecule has 0 aromatic rings. The minimum absolute atomic E-state index is 0.546. The second-order valence-corrected chi connectivity index (χ2v) is 12.0. The smallest absolute Gasteiger partial charge is 0.166 e. The van der Waals surface area contributed by atoms with Gasteiger partial charge >= 0.3 is 0 Å². The SMILES string of the molecule is CC(NC(=S)NC1C2CC3CC(C2)CC1C3)C12CC3CC(CC(C3)C1)C2. The summed E-state index contributed by atoms with van der Waals surface area (Å²) in [6, 6.07) is 1.22. The summed E-state index contributed by atoms with van der Waals surface area (Å²) in [6.07, 6.45) is 16.4. The molecule has 0 aromatic heterocycles. The highest BCUT2D eigenvalue weighted by molar-refractivity contribution is 7.80. The molecular weight excluding hydrogens is 336 g/mol. The molecule has 0 aromatic carbocycles. The van der Waals surface area contributed by atoms with E-state index in [0.29, 0.717) is 17.5 Å². The fourth-order valence-corrected chi connectivity index (χ4v) is 9.72. The van der Waals surface area contributed by atoms with Crippen LogP contribution in [0.2, 0.25) is 0 Å². The predicted octanol–water partition coefficient (Wildman–Crippen LogP) is 4.88. The van der Waals surface area contributed by atoms with Gasteiger partial charge in [-0.2, -0.15) is 0 Å². The van der Waals surface area contributed by atoms with Crippen LogP contribution in [0.5, 0.6) is 0 Å². The molecular formula is C23H36N2S. The first-order valence-corrected chi connectivity index (χ1v) is 12.0. The van der Waals surface area contributed by atoms with Crippen molar-refractivity contribution in [2.75, 3.05) is 0 Å². The number of hydrogen-bond acceptors (Lipinski definition) is 1. The summed E-state index contributed by atoms with van der Waals surface area (Å²) in [5, 5.41) is 8.64. The summed E-state index contributed by atoms with van der Waals surface area (Å²) in [6.45, 7) is 2.44. The zero-order valence-electron chi connectivity index (χ0n) is 16.4. The van der Waals surface area contributed by atoms with E-state index in [1.54, 1.807) is 0 Å². The van der Waals surface area contributed by atoms with Crippen LogP contribution < -0.4 is 10.6 Å². The molecule has 0 amide bonds. The second-order valence-electron chi connectivity index (χ2n) is 11.6. The van der Waals surface area contributed by atoms with E-state index in [9.17, 15) is 0 Å². The van der Waals surface area contributed by atoms with Crippen LogP contribution in [0.25, 0.3) is 0 Å². The highest BCUT2D eigenvalue weighted by atomic mass is 32.1. The lowest BCUT2D eigenvalue weighted by Crippen LogP contribution is -2.61. The Labute approximate surface area is 164 Å². The molecule has 1 atom stereocenters. The molecule has 0 aliphatic heterocycles. The van der Waals surface area contributed by atoms with Gasteiger partial charge in [0.1, 0.15) is 0 Å². The van der Waals surface area contributed by atoms with Gasteiger partial charge in [0, 0.05) is 12.1 Å². The average molecular weight is 373 g/mol. The van der Waals surface area contributed by atoms with E-state index in [1.807, 2.05) is 0 Å². The summed E-state index contributed by atoms with van der Waals surface area (Å²) in [7, 11) is 0. The largest absolute Gasteiger partial charge is 0.360 e. The second kappa shape index (κ2) is 5.84. The molecule has 0 spiro atoms. The third-order valence-electron chi connectivity index (χ3n) is 9.88. The molecule has 0 heterocycles. The van der Waals surface area contributed by atoms with Crippen molar-refractivity contribution >= 4 is 17.3 Å². The Morgan fingerprint density at radius 2 is 1.23 bits per heavy atom. The topological polar surface area (TPSA) is 24.1 Å². The van der Waals surface area contributed by atoms with E-state index < -0.39 is 0 Å². The Morgan fingerprint density at radius 1 is 0.769 bits per heavy atom. The molecule has 3 heteroatoms. The van der Waals surface area contributed by atoms with Crippen LogP contribution in [0, 0.1) is 46.8 Å². The molecule has 8 bridgehead atoms. The summed E-state index contributed by atoms with van der Waals surface area (Å²) in [4.78, 5) is 0. The summed E-state index contributed by atoms with van der Waals surface area (Å²) >= 11 is 5.86. The van der Waals surface area contributed by atoms with Crippen molar-refractivity contribution < 1.29 is 0 Å². The maximum atomic E-state index is 5.86. The van der Waals surface area contributed by atoms with Gasteiger partial charge in [-0.05, 0) is 137 Å². The van der Waals surface area contributed by atoms with Gasteiger partial charge in [0.2, 0.25) is 0 Å². The molecule has 1 unspecified atom stereocenters. The Bertz CT molecular complexity index is 536. The zero-order chi connectivity index (χ0) is 17.5. The standard InChI is InChI=1S/C23H36N2S/c1-13(23-10-16-3-17(11-23)5-18(4-16)12-23)24-22(26)25-21-19-6-14-2-15(8-19)9-20(21)7-14/h13-21H,2-12H2,1H3,(H2,24,25,26). The minimum Gasteiger partial charge on any atom is -0.360 e. The number of rotatable bonds is 3. The third-order valence-corrected chi connectivity index (χ3v) is 10.1. The van der Waals surface area contributed by atoms with Crippen LogP contribution in [0.4, 0.5) is 0 Å². The Balaban J connectivity index is 1.11. The first kappa shape index (κ1) is 16.6. The first-order chi connectivity index (χ1) is 12.6. The van der Waals surface area contributed by atoms with E-state index in [0.717, 1.165) is 46.5 Å². The Hall–Kier alpha value is -0.310. The van der Waals surface area contributed by atoms with Gasteiger partial charge in [-0.25, -0.2) is 0 Å². The van der Waals surface area contributed by atoms with Crippen LogP contribution in [0.15, 0.2) is 0 Å². The van der Waals surface area contributed by atoms with E-state index in [2.05, 4.69) is 17.6 Å². The van der Waals surface area contributed by atoms with Gasteiger partial charge in [0.25, 0.3) is 0 Å². The predicted molar refractivity (Wildman–Crippen MR) is 110 cm³/mol. The quantitative estimate of drug-likeness (QED) is 0.691. The Kier molecular flexibility index (Phi) is 3.74. The molecule has 8 fully saturated rings. The van der Waals surface area contributed by atoms with Crippen molar-refractivity contribution in [2.45, 2.75) is 89.6 Å². The molecule has 0 radical (unpaired) electrons. The van der Waals surface area contributed by atoms with Gasteiger partial charge < -0.3 is 10.6 Å². The van der Waals surface area contributed by atoms with Crippen LogP contribution in [-0.2, 0) is 0 Å². The van der Waals surface area contributed by atoms with Gasteiger partial charge in [0.15, 0.2) is 5.11 Å². The first-order valence-electron chi connectivity index (χ1n) is 11.6. The van der Waals surface area contributed by atoms with Crippen molar-refractivity contribution in [3.63, 3.8) is 0 Å². The zero-order valence-corrected chi connectivity index (χ0v) is 17.2. The van der Waals surface area contributed by atoms with E-state index in [1.165, 1.54) is 70.6 Å². The van der Waals surface area contributed by atoms with Crippen molar-refractivity contribution in [2.24, 2.45) is 46.8 Å². The van der Waals surface area contributed by atoms with Crippen molar-refractivity contribution in [3.05, 3.63) is 0 Å². The summed E-state index contributed by atoms with van der Waals surface area (Å²) in [5.41, 5.74) is 0.546. The van der Waals surface area contributed by atoms with Gasteiger partial charge in [0.05, 0.1) is 0 Å². The molecule has 8 rings (SSSR count). The Morgan fingerprint density at radius 3 is 1.73 bits per heavy atom. The molecule has 8 aliphatic rings. The average Bonchev–Trinajstić information content (AvgIpc) is 2.56. The summed E-state index contributed by atoms with van der Waals surface area (Å²) in [5.74, 6) is 6.97. The normalized spacial score (nSPS) is 54.3. The number of thiocarbonyl (C=S) groups is 1. The van der Waals surface area contributed by atoms with E-state index >= 15 is 0 Å². The van der Waals surface area contributed by atoms with Crippen molar-refractivity contribution in [1.82, 2.24) is 10.6 Å². The van der Waals surface area contributed by atoms with Crippen LogP contribution >= 0.6 is 12.2 Å². The lowest BCUT2D eigenvalue weighted by molar-refractivity contribution is -0.0674. The van der Waals surface area contributed by atoms with Crippen molar-refractivity contribution in [3.8, 4) is 0 Å². The third kappa shape index (κ3) is 2.58. The maximum absolute atomic E-state index is 5.86. The fraction of sp³-hybridized carbons (Fsp3) is 0.957. The fourth-order valence-electron chi connectivity index (χ4n) is 9.41. The number of nitrogens with one attached hydrogen (secondary N) is 2. The molecule has 2 nitrogen and oxygen atoms in total. The van der Waals surface area contributed by atoms with Crippen LogP contribution in [0.1, 0.15) is 77.6 Å².